The van der Waals surface area contributed by atoms with Crippen molar-refractivity contribution in [3.05, 3.63) is 89.4 Å². The van der Waals surface area contributed by atoms with Gasteiger partial charge in [-0.2, -0.15) is 0 Å². The Labute approximate surface area is 191 Å². The lowest BCUT2D eigenvalue weighted by Gasteiger charge is -2.16. The van der Waals surface area contributed by atoms with Crippen molar-refractivity contribution < 1.29 is 18.7 Å². The average molecular weight is 452 g/mol. The fourth-order valence-electron chi connectivity index (χ4n) is 3.27. The number of halogens is 2. The number of fused-ring (bicyclic) bond motifs is 1. The highest BCUT2D eigenvalue weighted by atomic mass is 19.1. The van der Waals surface area contributed by atoms with Gasteiger partial charge in [0.1, 0.15) is 34.4 Å². The van der Waals surface area contributed by atoms with E-state index < -0.39 is 5.60 Å². The van der Waals surface area contributed by atoms with Crippen LogP contribution in [0.3, 0.4) is 0 Å². The Kier molecular flexibility index (Phi) is 7.33. The van der Waals surface area contributed by atoms with E-state index in [9.17, 15) is 18.7 Å². The lowest BCUT2D eigenvalue weighted by Crippen LogP contribution is -2.17. The number of carbonyl (C=O) groups is 1. The Morgan fingerprint density at radius 3 is 2.06 bits per heavy atom. The van der Waals surface area contributed by atoms with Crippen LogP contribution < -0.4 is 0 Å². The highest BCUT2D eigenvalue weighted by molar-refractivity contribution is 5.80. The molecule has 2 heterocycles. The molecule has 7 heteroatoms. The van der Waals surface area contributed by atoms with Crippen LogP contribution in [0.25, 0.3) is 16.9 Å². The van der Waals surface area contributed by atoms with Crippen molar-refractivity contribution in [2.24, 2.45) is 0 Å². The first kappa shape index (κ1) is 24.2. The van der Waals surface area contributed by atoms with Crippen molar-refractivity contribution in [1.29, 1.82) is 0 Å². The van der Waals surface area contributed by atoms with Crippen LogP contribution in [0.5, 0.6) is 0 Å². The predicted octanol–water partition coefficient (Wildman–Crippen LogP) is 5.44. The summed E-state index contributed by atoms with van der Waals surface area (Å²) in [5.41, 5.74) is 2.60. The van der Waals surface area contributed by atoms with Crippen molar-refractivity contribution in [2.75, 3.05) is 0 Å². The van der Waals surface area contributed by atoms with Crippen LogP contribution in [0.2, 0.25) is 0 Å². The zero-order chi connectivity index (χ0) is 24.2. The number of ketones is 1. The summed E-state index contributed by atoms with van der Waals surface area (Å²) in [5, 5.41) is 10.1. The number of imidazole rings is 1. The van der Waals surface area contributed by atoms with Gasteiger partial charge in [-0.1, -0.05) is 19.1 Å². The van der Waals surface area contributed by atoms with Gasteiger partial charge in [-0.3, -0.25) is 9.36 Å². The summed E-state index contributed by atoms with van der Waals surface area (Å²) in [6.45, 7) is 7.07. The molecule has 0 saturated carbocycles. The molecule has 33 heavy (non-hydrogen) atoms. The summed E-state index contributed by atoms with van der Waals surface area (Å²) in [6, 6.07) is 15.8. The quantitative estimate of drug-likeness (QED) is 0.439. The Balaban J connectivity index is 0.000000218. The fourth-order valence-corrected chi connectivity index (χ4v) is 3.27. The maximum absolute atomic E-state index is 13.1. The summed E-state index contributed by atoms with van der Waals surface area (Å²) >= 11 is 0. The van der Waals surface area contributed by atoms with Gasteiger partial charge in [0.25, 0.3) is 0 Å². The standard InChI is InChI=1S/C16H16FN3O.C10H11FO/c1-10-18-13-8-9-14(16(2,3)21)19-15(13)20(10)12-6-4-11(17)5-7-12;1-2-10(12)7-8-3-5-9(11)6-4-8/h4-9,21H,1-3H3;3-6H,2,7H2,1H3. The first-order chi connectivity index (χ1) is 15.6. The van der Waals surface area contributed by atoms with Crippen LogP contribution in [0, 0.1) is 18.6 Å². The molecule has 4 aromatic rings. The third kappa shape index (κ3) is 6.08. The smallest absolute Gasteiger partial charge is 0.165 e. The molecule has 2 aromatic heterocycles. The van der Waals surface area contributed by atoms with E-state index in [0.29, 0.717) is 24.2 Å². The Bertz CT molecular complexity index is 1240. The highest BCUT2D eigenvalue weighted by Crippen LogP contribution is 2.24. The molecule has 0 aliphatic carbocycles. The molecule has 172 valence electrons. The number of Topliss-reactive ketones (excluding diaryl/α,β-unsaturated/α-hetero) is 1. The summed E-state index contributed by atoms with van der Waals surface area (Å²) in [4.78, 5) is 20.0. The number of hydrogen-bond acceptors (Lipinski definition) is 4. The molecule has 0 amide bonds. The van der Waals surface area contributed by atoms with Crippen LogP contribution >= 0.6 is 0 Å². The largest absolute Gasteiger partial charge is 0.384 e. The number of carbonyl (C=O) groups excluding carboxylic acids is 1. The Morgan fingerprint density at radius 1 is 0.939 bits per heavy atom. The second kappa shape index (κ2) is 10.0. The maximum Gasteiger partial charge on any atom is 0.165 e. The molecule has 1 N–H and O–H groups in total. The highest BCUT2D eigenvalue weighted by Gasteiger charge is 2.20. The molecule has 0 fully saturated rings. The first-order valence-electron chi connectivity index (χ1n) is 10.7. The van der Waals surface area contributed by atoms with Gasteiger partial charge >= 0.3 is 0 Å². The Hall–Kier alpha value is -3.45. The van der Waals surface area contributed by atoms with Gasteiger partial charge in [0.15, 0.2) is 5.65 Å². The molecule has 4 rings (SSSR count). The Morgan fingerprint density at radius 2 is 1.52 bits per heavy atom. The van der Waals surface area contributed by atoms with E-state index in [-0.39, 0.29) is 17.4 Å². The zero-order valence-corrected chi connectivity index (χ0v) is 19.1. The second-order valence-corrected chi connectivity index (χ2v) is 8.26. The van der Waals surface area contributed by atoms with E-state index in [1.165, 1.54) is 24.3 Å². The molecule has 5 nitrogen and oxygen atoms in total. The molecule has 0 aliphatic heterocycles. The van der Waals surface area contributed by atoms with Crippen LogP contribution in [0.4, 0.5) is 8.78 Å². The minimum Gasteiger partial charge on any atom is -0.384 e. The van der Waals surface area contributed by atoms with Crippen LogP contribution in [0.15, 0.2) is 60.7 Å². The third-order valence-electron chi connectivity index (χ3n) is 5.09. The van der Waals surface area contributed by atoms with Crippen LogP contribution in [0.1, 0.15) is 44.3 Å². The molecule has 0 bridgehead atoms. The molecule has 0 saturated heterocycles. The summed E-state index contributed by atoms with van der Waals surface area (Å²) in [5.74, 6) is 0.396. The number of pyridine rings is 1. The average Bonchev–Trinajstić information content (AvgIpc) is 3.10. The van der Waals surface area contributed by atoms with E-state index in [2.05, 4.69) is 9.97 Å². The number of rotatable bonds is 5. The number of nitrogens with zero attached hydrogens (tertiary/aromatic N) is 3. The topological polar surface area (TPSA) is 68.0 Å². The second-order valence-electron chi connectivity index (χ2n) is 8.26. The molecule has 0 atom stereocenters. The van der Waals surface area contributed by atoms with Crippen molar-refractivity contribution in [2.45, 2.75) is 46.1 Å². The number of aromatic nitrogens is 3. The summed E-state index contributed by atoms with van der Waals surface area (Å²) < 4.78 is 27.4. The SMILES string of the molecule is CCC(=O)Cc1ccc(F)cc1.Cc1nc2ccc(C(C)(C)O)nc2n1-c1ccc(F)cc1. The van der Waals surface area contributed by atoms with Crippen LogP contribution in [-0.2, 0) is 16.8 Å². The van der Waals surface area contributed by atoms with Crippen molar-refractivity contribution in [3.63, 3.8) is 0 Å². The van der Waals surface area contributed by atoms with E-state index >= 15 is 0 Å². The number of benzene rings is 2. The van der Waals surface area contributed by atoms with Gasteiger partial charge < -0.3 is 5.11 Å². The predicted molar refractivity (Wildman–Crippen MR) is 124 cm³/mol. The molecule has 0 unspecified atom stereocenters. The van der Waals surface area contributed by atoms with Gasteiger partial charge in [0, 0.05) is 18.5 Å². The van der Waals surface area contributed by atoms with E-state index in [1.807, 2.05) is 24.5 Å². The maximum atomic E-state index is 13.1. The zero-order valence-electron chi connectivity index (χ0n) is 19.1. The van der Waals surface area contributed by atoms with Gasteiger partial charge in [0.05, 0.1) is 5.69 Å². The fraction of sp³-hybridized carbons (Fsp3) is 0.269. The van der Waals surface area contributed by atoms with Crippen molar-refractivity contribution in [3.8, 4) is 5.69 Å². The molecule has 0 radical (unpaired) electrons. The van der Waals surface area contributed by atoms with Gasteiger partial charge in [-0.05, 0) is 74.9 Å². The summed E-state index contributed by atoms with van der Waals surface area (Å²) in [7, 11) is 0. The lowest BCUT2D eigenvalue weighted by molar-refractivity contribution is -0.118. The van der Waals surface area contributed by atoms with Crippen molar-refractivity contribution in [1.82, 2.24) is 14.5 Å². The van der Waals surface area contributed by atoms with Gasteiger partial charge in [0.2, 0.25) is 0 Å². The molecular formula is C26H27F2N3O2. The summed E-state index contributed by atoms with van der Waals surface area (Å²) in [6.07, 6.45) is 0.953. The molecule has 0 spiro atoms. The number of aryl methyl sites for hydroxylation is 1. The number of hydrogen-bond donors (Lipinski definition) is 1. The van der Waals surface area contributed by atoms with Gasteiger partial charge in [-0.15, -0.1) is 0 Å². The molecule has 0 aliphatic rings. The molecular weight excluding hydrogens is 424 g/mol. The van der Waals surface area contributed by atoms with Crippen LogP contribution in [-0.4, -0.2) is 25.4 Å². The minimum absolute atomic E-state index is 0.182. The van der Waals surface area contributed by atoms with Crippen molar-refractivity contribution >= 4 is 16.9 Å². The monoisotopic (exact) mass is 451 g/mol. The first-order valence-corrected chi connectivity index (χ1v) is 10.7. The normalized spacial score (nSPS) is 11.2. The lowest BCUT2D eigenvalue weighted by atomic mass is 10.1. The molecule has 2 aromatic carbocycles. The van der Waals surface area contributed by atoms with Gasteiger partial charge in [-0.25, -0.2) is 18.7 Å². The minimum atomic E-state index is -1.03. The third-order valence-corrected chi connectivity index (χ3v) is 5.09. The number of aliphatic hydroxyl groups is 1. The van der Waals surface area contributed by atoms with E-state index in [0.717, 1.165) is 22.6 Å². The van der Waals surface area contributed by atoms with E-state index in [4.69, 9.17) is 0 Å². The van der Waals surface area contributed by atoms with E-state index in [1.54, 1.807) is 44.2 Å².